The van der Waals surface area contributed by atoms with Crippen molar-refractivity contribution in [2.24, 2.45) is 5.10 Å². The Bertz CT molecular complexity index is 1050. The Morgan fingerprint density at radius 3 is 2.43 bits per heavy atom. The largest absolute Gasteiger partial charge is 0.493 e. The van der Waals surface area contributed by atoms with E-state index in [2.05, 4.69) is 26.5 Å². The summed E-state index contributed by atoms with van der Waals surface area (Å²) >= 11 is 3.36. The zero-order valence-corrected chi connectivity index (χ0v) is 17.8. The Balaban J connectivity index is 1.60. The number of nitrogens with one attached hydrogen (secondary N) is 1. The van der Waals surface area contributed by atoms with Crippen molar-refractivity contribution >= 4 is 34.0 Å². The number of nitrogens with zero attached hydrogens (tertiary/aromatic N) is 1. The predicted molar refractivity (Wildman–Crippen MR) is 118 cm³/mol. The maximum absolute atomic E-state index is 12.2. The molecule has 0 aliphatic heterocycles. The number of hydrogen-bond donors (Lipinski definition) is 1. The van der Waals surface area contributed by atoms with Crippen LogP contribution in [0, 0.1) is 0 Å². The molecule has 0 aliphatic rings. The van der Waals surface area contributed by atoms with Gasteiger partial charge in [-0.3, -0.25) is 4.79 Å². The fraction of sp³-hybridized carbons (Fsp3) is 0.0870. The molecule has 30 heavy (non-hydrogen) atoms. The monoisotopic (exact) mass is 466 g/mol. The van der Waals surface area contributed by atoms with E-state index < -0.39 is 5.97 Å². The van der Waals surface area contributed by atoms with Gasteiger partial charge >= 0.3 is 5.97 Å². The second kappa shape index (κ2) is 10.4. The molecule has 1 amide bonds. The molecule has 0 spiro atoms. The number of carbonyl (C=O) groups is 2. The highest BCUT2D eigenvalue weighted by Crippen LogP contribution is 2.28. The Kier molecular flexibility index (Phi) is 7.34. The third-order valence-corrected chi connectivity index (χ3v) is 4.61. The number of halogens is 1. The van der Waals surface area contributed by atoms with E-state index >= 15 is 0 Å². The molecule has 0 atom stereocenters. The summed E-state index contributed by atoms with van der Waals surface area (Å²) in [6.07, 6.45) is 1.72. The second-order valence-electron chi connectivity index (χ2n) is 6.26. The molecule has 0 radical (unpaired) electrons. The van der Waals surface area contributed by atoms with Gasteiger partial charge in [-0.2, -0.15) is 5.10 Å². The molecule has 0 saturated carbocycles. The molecule has 0 unspecified atom stereocenters. The normalized spacial score (nSPS) is 10.6. The van der Waals surface area contributed by atoms with Crippen LogP contribution in [0.2, 0.25) is 0 Å². The van der Waals surface area contributed by atoms with E-state index in [1.54, 1.807) is 42.5 Å². The Hall–Kier alpha value is -3.45. The average Bonchev–Trinajstić information content (AvgIpc) is 2.77. The van der Waals surface area contributed by atoms with Crippen LogP contribution in [0.4, 0.5) is 0 Å². The standard InChI is InChI=1S/C23H19BrN2O4/c1-29-21-13-17(9-12-20(21)30-23(28)18-5-3-2-4-6-18)15-25-26-22(27)14-16-7-10-19(24)11-8-16/h2-13,15H,14H2,1H3,(H,26,27)/b25-15+. The van der Waals surface area contributed by atoms with Crippen LogP contribution in [0.25, 0.3) is 0 Å². The third-order valence-electron chi connectivity index (χ3n) is 4.08. The van der Waals surface area contributed by atoms with Gasteiger partial charge in [0.15, 0.2) is 11.5 Å². The highest BCUT2D eigenvalue weighted by molar-refractivity contribution is 9.10. The van der Waals surface area contributed by atoms with Crippen LogP contribution in [-0.4, -0.2) is 25.2 Å². The van der Waals surface area contributed by atoms with E-state index in [1.807, 2.05) is 30.3 Å². The number of esters is 1. The predicted octanol–water partition coefficient (Wildman–Crippen LogP) is 4.37. The molecule has 1 N–H and O–H groups in total. The van der Waals surface area contributed by atoms with Gasteiger partial charge in [-0.25, -0.2) is 10.2 Å². The molecule has 3 aromatic rings. The molecule has 6 nitrogen and oxygen atoms in total. The zero-order chi connectivity index (χ0) is 21.3. The topological polar surface area (TPSA) is 77.0 Å². The number of hydrogen-bond acceptors (Lipinski definition) is 5. The highest BCUT2D eigenvalue weighted by Gasteiger charge is 2.12. The number of methoxy groups -OCH3 is 1. The summed E-state index contributed by atoms with van der Waals surface area (Å²) < 4.78 is 11.7. The number of rotatable bonds is 7. The molecule has 0 heterocycles. The summed E-state index contributed by atoms with van der Waals surface area (Å²) in [7, 11) is 1.48. The van der Waals surface area contributed by atoms with Gasteiger partial charge in [-0.15, -0.1) is 0 Å². The summed E-state index contributed by atoms with van der Waals surface area (Å²) in [6, 6.07) is 21.2. The van der Waals surface area contributed by atoms with Crippen molar-refractivity contribution in [2.75, 3.05) is 7.11 Å². The van der Waals surface area contributed by atoms with Crippen LogP contribution in [0.3, 0.4) is 0 Å². The van der Waals surface area contributed by atoms with E-state index in [-0.39, 0.29) is 12.3 Å². The second-order valence-corrected chi connectivity index (χ2v) is 7.18. The number of ether oxygens (including phenoxy) is 2. The van der Waals surface area contributed by atoms with Crippen molar-refractivity contribution in [3.8, 4) is 11.5 Å². The first kappa shape index (κ1) is 21.3. The lowest BCUT2D eigenvalue weighted by molar-refractivity contribution is -0.120. The van der Waals surface area contributed by atoms with Crippen LogP contribution in [-0.2, 0) is 11.2 Å². The van der Waals surface area contributed by atoms with Crippen LogP contribution >= 0.6 is 15.9 Å². The molecular formula is C23H19BrN2O4. The fourth-order valence-corrected chi connectivity index (χ4v) is 2.85. The minimum absolute atomic E-state index is 0.225. The Morgan fingerprint density at radius 2 is 1.73 bits per heavy atom. The Labute approximate surface area is 182 Å². The smallest absolute Gasteiger partial charge is 0.343 e. The van der Waals surface area contributed by atoms with Crippen LogP contribution in [0.1, 0.15) is 21.5 Å². The summed E-state index contributed by atoms with van der Waals surface area (Å²) in [4.78, 5) is 24.2. The number of benzene rings is 3. The third kappa shape index (κ3) is 6.02. The van der Waals surface area contributed by atoms with E-state index in [9.17, 15) is 9.59 Å². The number of carbonyl (C=O) groups excluding carboxylic acids is 2. The number of hydrazone groups is 1. The first-order valence-electron chi connectivity index (χ1n) is 9.07. The lowest BCUT2D eigenvalue weighted by atomic mass is 10.1. The molecule has 3 rings (SSSR count). The maximum atomic E-state index is 12.2. The van der Waals surface area contributed by atoms with Crippen molar-refractivity contribution in [2.45, 2.75) is 6.42 Å². The van der Waals surface area contributed by atoms with Crippen molar-refractivity contribution in [1.82, 2.24) is 5.43 Å². The van der Waals surface area contributed by atoms with E-state index in [4.69, 9.17) is 9.47 Å². The molecule has 0 aliphatic carbocycles. The summed E-state index contributed by atoms with van der Waals surface area (Å²) in [5.41, 5.74) is 4.50. The molecule has 0 fully saturated rings. The van der Waals surface area contributed by atoms with Gasteiger partial charge in [-0.05, 0) is 53.6 Å². The fourth-order valence-electron chi connectivity index (χ4n) is 2.59. The molecule has 0 saturated heterocycles. The maximum Gasteiger partial charge on any atom is 0.343 e. The first-order chi connectivity index (χ1) is 14.5. The highest BCUT2D eigenvalue weighted by atomic mass is 79.9. The lowest BCUT2D eigenvalue weighted by Gasteiger charge is -2.10. The first-order valence-corrected chi connectivity index (χ1v) is 9.86. The average molecular weight is 467 g/mol. The summed E-state index contributed by atoms with van der Waals surface area (Å²) in [6.45, 7) is 0. The summed E-state index contributed by atoms with van der Waals surface area (Å²) in [5, 5.41) is 3.97. The van der Waals surface area contributed by atoms with Crippen LogP contribution in [0.15, 0.2) is 82.4 Å². The zero-order valence-electron chi connectivity index (χ0n) is 16.2. The van der Waals surface area contributed by atoms with Crippen molar-refractivity contribution in [3.63, 3.8) is 0 Å². The van der Waals surface area contributed by atoms with Crippen LogP contribution < -0.4 is 14.9 Å². The SMILES string of the molecule is COc1cc(/C=N/NC(=O)Cc2ccc(Br)cc2)ccc1OC(=O)c1ccccc1. The molecule has 0 bridgehead atoms. The van der Waals surface area contributed by atoms with E-state index in [1.165, 1.54) is 13.3 Å². The molecule has 0 aromatic heterocycles. The minimum Gasteiger partial charge on any atom is -0.493 e. The van der Waals surface area contributed by atoms with Gasteiger partial charge in [0, 0.05) is 4.47 Å². The molecular weight excluding hydrogens is 448 g/mol. The van der Waals surface area contributed by atoms with Gasteiger partial charge in [0.2, 0.25) is 5.91 Å². The van der Waals surface area contributed by atoms with Gasteiger partial charge < -0.3 is 9.47 Å². The Morgan fingerprint density at radius 1 is 1.00 bits per heavy atom. The quantitative estimate of drug-likeness (QED) is 0.242. The van der Waals surface area contributed by atoms with Crippen molar-refractivity contribution < 1.29 is 19.1 Å². The van der Waals surface area contributed by atoms with Crippen molar-refractivity contribution in [3.05, 3.63) is 94.0 Å². The number of amides is 1. The molecule has 152 valence electrons. The van der Waals surface area contributed by atoms with Crippen molar-refractivity contribution in [1.29, 1.82) is 0 Å². The van der Waals surface area contributed by atoms with Gasteiger partial charge in [0.1, 0.15) is 0 Å². The van der Waals surface area contributed by atoms with E-state index in [0.717, 1.165) is 10.0 Å². The van der Waals surface area contributed by atoms with Gasteiger partial charge in [-0.1, -0.05) is 46.3 Å². The molecule has 3 aromatic carbocycles. The van der Waals surface area contributed by atoms with E-state index in [0.29, 0.717) is 22.6 Å². The van der Waals surface area contributed by atoms with Gasteiger partial charge in [0.25, 0.3) is 0 Å². The minimum atomic E-state index is -0.476. The molecule has 7 heteroatoms. The van der Waals surface area contributed by atoms with Gasteiger partial charge in [0.05, 0.1) is 25.3 Å². The van der Waals surface area contributed by atoms with Crippen LogP contribution in [0.5, 0.6) is 11.5 Å². The summed E-state index contributed by atoms with van der Waals surface area (Å²) in [5.74, 6) is -0.0309. The lowest BCUT2D eigenvalue weighted by Crippen LogP contribution is -2.19.